The molecule has 2 aromatic rings. The van der Waals surface area contributed by atoms with Crippen molar-refractivity contribution in [3.05, 3.63) is 53.4 Å². The fourth-order valence-corrected chi connectivity index (χ4v) is 4.86. The Kier molecular flexibility index (Phi) is 5.98. The van der Waals surface area contributed by atoms with Crippen LogP contribution >= 0.6 is 12.2 Å². The molecule has 2 aliphatic rings. The van der Waals surface area contributed by atoms with E-state index in [1.54, 1.807) is 14.0 Å². The van der Waals surface area contributed by atoms with Crippen LogP contribution in [0.25, 0.3) is 10.8 Å². The summed E-state index contributed by atoms with van der Waals surface area (Å²) in [5, 5.41) is 2.20. The summed E-state index contributed by atoms with van der Waals surface area (Å²) in [7, 11) is -2.13. The van der Waals surface area contributed by atoms with Gasteiger partial charge in [0.05, 0.1) is 17.1 Å². The molecule has 2 heterocycles. The van der Waals surface area contributed by atoms with Gasteiger partial charge in [0.25, 0.3) is 21.2 Å². The van der Waals surface area contributed by atoms with E-state index >= 15 is 0 Å². The normalized spacial score (nSPS) is 18.8. The Hall–Kier alpha value is -2.53. The standard InChI is InChI=1S/C21H23N3O5S2/c1-3-22-29-31(26,27)12-6-11-24-17(19-20(25)23(2)21(30)28-19)13-15-10-9-14-7-4-5-8-16(14)18(15)24/h4-5,7-10,22H,3,6,11-13H2,1-2H3/b19-17+. The Balaban J connectivity index is 1.71. The highest BCUT2D eigenvalue weighted by Gasteiger charge is 2.38. The Morgan fingerprint density at radius 2 is 2.00 bits per heavy atom. The highest BCUT2D eigenvalue weighted by Crippen LogP contribution is 2.42. The van der Waals surface area contributed by atoms with Crippen molar-refractivity contribution in [2.24, 2.45) is 0 Å². The number of hydrogen-bond donors (Lipinski definition) is 1. The van der Waals surface area contributed by atoms with E-state index in [1.165, 1.54) is 4.90 Å². The fourth-order valence-electron chi connectivity index (χ4n) is 3.83. The molecule has 0 aromatic heterocycles. The Bertz CT molecular complexity index is 1190. The molecule has 2 aromatic carbocycles. The number of hydroxylamine groups is 1. The summed E-state index contributed by atoms with van der Waals surface area (Å²) in [4.78, 5) is 16.0. The van der Waals surface area contributed by atoms with Crippen molar-refractivity contribution < 1.29 is 22.2 Å². The number of nitrogens with zero attached hydrogens (tertiary/aromatic N) is 2. The summed E-state index contributed by atoms with van der Waals surface area (Å²) in [6.07, 6.45) is 0.806. The van der Waals surface area contributed by atoms with Gasteiger partial charge in [-0.1, -0.05) is 43.3 Å². The van der Waals surface area contributed by atoms with Crippen molar-refractivity contribution in [3.8, 4) is 0 Å². The van der Waals surface area contributed by atoms with E-state index in [0.717, 1.165) is 22.0 Å². The van der Waals surface area contributed by atoms with Crippen LogP contribution in [0.4, 0.5) is 5.69 Å². The average molecular weight is 462 g/mol. The number of fused-ring (bicyclic) bond motifs is 3. The zero-order valence-corrected chi connectivity index (χ0v) is 18.9. The van der Waals surface area contributed by atoms with Gasteiger partial charge in [-0.3, -0.25) is 9.69 Å². The molecule has 0 bridgehead atoms. The lowest BCUT2D eigenvalue weighted by atomic mass is 10.0. The van der Waals surface area contributed by atoms with Gasteiger partial charge in [-0.05, 0) is 29.6 Å². The molecule has 4 rings (SSSR count). The van der Waals surface area contributed by atoms with E-state index in [1.807, 2.05) is 41.3 Å². The second-order valence-electron chi connectivity index (χ2n) is 7.33. The second kappa shape index (κ2) is 8.54. The van der Waals surface area contributed by atoms with E-state index in [0.29, 0.717) is 31.6 Å². The van der Waals surface area contributed by atoms with Crippen LogP contribution in [-0.4, -0.2) is 50.3 Å². The average Bonchev–Trinajstić information content (AvgIpc) is 3.24. The lowest BCUT2D eigenvalue weighted by molar-refractivity contribution is -0.122. The molecule has 1 N–H and O–H groups in total. The van der Waals surface area contributed by atoms with Gasteiger partial charge in [0.2, 0.25) is 5.76 Å². The first-order chi connectivity index (χ1) is 14.8. The number of likely N-dealkylation sites (N-methyl/N-ethyl adjacent to an activating group) is 1. The molecule has 1 saturated heterocycles. The zero-order chi connectivity index (χ0) is 22.2. The molecular formula is C21H23N3O5S2. The van der Waals surface area contributed by atoms with Gasteiger partial charge < -0.3 is 9.64 Å². The number of ether oxygens (including phenoxy) is 1. The smallest absolute Gasteiger partial charge is 0.298 e. The quantitative estimate of drug-likeness (QED) is 0.382. The minimum absolute atomic E-state index is 0.106. The summed E-state index contributed by atoms with van der Waals surface area (Å²) in [5.41, 5.74) is 5.08. The van der Waals surface area contributed by atoms with Crippen LogP contribution in [0, 0.1) is 0 Å². The third-order valence-electron chi connectivity index (χ3n) is 5.27. The van der Waals surface area contributed by atoms with Crippen LogP contribution in [0.2, 0.25) is 0 Å². The number of thiocarbonyl (C=S) groups is 1. The molecule has 0 spiro atoms. The Labute approximate surface area is 186 Å². The van der Waals surface area contributed by atoms with Gasteiger partial charge >= 0.3 is 0 Å². The van der Waals surface area contributed by atoms with Crippen LogP contribution < -0.4 is 10.4 Å². The van der Waals surface area contributed by atoms with E-state index < -0.39 is 10.1 Å². The molecule has 31 heavy (non-hydrogen) atoms. The molecule has 0 atom stereocenters. The van der Waals surface area contributed by atoms with Crippen LogP contribution in [0.15, 0.2) is 47.9 Å². The molecule has 0 radical (unpaired) electrons. The number of carbonyl (C=O) groups excluding carboxylic acids is 1. The van der Waals surface area contributed by atoms with Crippen molar-refractivity contribution in [2.75, 3.05) is 30.8 Å². The second-order valence-corrected chi connectivity index (χ2v) is 9.37. The summed E-state index contributed by atoms with van der Waals surface area (Å²) < 4.78 is 34.5. The monoisotopic (exact) mass is 461 g/mol. The van der Waals surface area contributed by atoms with Crippen molar-refractivity contribution in [3.63, 3.8) is 0 Å². The molecule has 0 aliphatic carbocycles. The highest BCUT2D eigenvalue weighted by atomic mass is 32.2. The summed E-state index contributed by atoms with van der Waals surface area (Å²) in [6, 6.07) is 12.0. The van der Waals surface area contributed by atoms with Crippen molar-refractivity contribution in [2.45, 2.75) is 19.8 Å². The molecule has 1 amide bonds. The number of benzene rings is 2. The van der Waals surface area contributed by atoms with Crippen LogP contribution in [0.1, 0.15) is 18.9 Å². The van der Waals surface area contributed by atoms with Crippen LogP contribution in [0.3, 0.4) is 0 Å². The number of allylic oxidation sites excluding steroid dienone is 1. The number of hydrogen-bond acceptors (Lipinski definition) is 8. The number of rotatable bonds is 7. The van der Waals surface area contributed by atoms with E-state index in [-0.39, 0.29) is 22.6 Å². The minimum Gasteiger partial charge on any atom is -0.424 e. The number of carbonyl (C=O) groups is 1. The summed E-state index contributed by atoms with van der Waals surface area (Å²) in [5.74, 6) is -0.267. The molecule has 0 unspecified atom stereocenters. The van der Waals surface area contributed by atoms with E-state index in [4.69, 9.17) is 21.2 Å². The SMILES string of the molecule is CCNOS(=O)(=O)CCCN1/C(=C2/OC(=S)N(C)C2=O)Cc2ccc3ccccc3c21. The van der Waals surface area contributed by atoms with Crippen LogP contribution in [-0.2, 0) is 30.4 Å². The minimum atomic E-state index is -3.70. The van der Waals surface area contributed by atoms with E-state index in [2.05, 4.69) is 5.48 Å². The molecule has 8 nitrogen and oxygen atoms in total. The molecule has 1 fully saturated rings. The van der Waals surface area contributed by atoms with Gasteiger partial charge in [0.1, 0.15) is 0 Å². The Morgan fingerprint density at radius 3 is 2.71 bits per heavy atom. The van der Waals surface area contributed by atoms with Gasteiger partial charge in [-0.25, -0.2) is 0 Å². The molecule has 0 saturated carbocycles. The number of amides is 1. The molecular weight excluding hydrogens is 438 g/mol. The topological polar surface area (TPSA) is 88.2 Å². The largest absolute Gasteiger partial charge is 0.424 e. The first-order valence-corrected chi connectivity index (χ1v) is 12.0. The number of nitrogens with one attached hydrogen (secondary N) is 1. The maximum atomic E-state index is 12.7. The van der Waals surface area contributed by atoms with Crippen LogP contribution in [0.5, 0.6) is 0 Å². The first-order valence-electron chi connectivity index (χ1n) is 9.97. The molecule has 10 heteroatoms. The van der Waals surface area contributed by atoms with Gasteiger partial charge in [-0.15, -0.1) is 0 Å². The predicted octanol–water partition coefficient (Wildman–Crippen LogP) is 2.45. The highest BCUT2D eigenvalue weighted by molar-refractivity contribution is 7.86. The van der Waals surface area contributed by atoms with Crippen molar-refractivity contribution in [1.29, 1.82) is 0 Å². The lowest BCUT2D eigenvalue weighted by Gasteiger charge is -2.23. The molecule has 164 valence electrons. The maximum absolute atomic E-state index is 12.7. The lowest BCUT2D eigenvalue weighted by Crippen LogP contribution is -2.28. The predicted molar refractivity (Wildman–Crippen MR) is 122 cm³/mol. The zero-order valence-electron chi connectivity index (χ0n) is 17.3. The first kappa shape index (κ1) is 21.7. The summed E-state index contributed by atoms with van der Waals surface area (Å²) in [6.45, 7) is 2.51. The van der Waals surface area contributed by atoms with Crippen molar-refractivity contribution >= 4 is 49.9 Å². The third kappa shape index (κ3) is 4.16. The Morgan fingerprint density at radius 1 is 1.23 bits per heavy atom. The van der Waals surface area contributed by atoms with Gasteiger partial charge in [-0.2, -0.15) is 18.2 Å². The van der Waals surface area contributed by atoms with Crippen molar-refractivity contribution in [1.82, 2.24) is 10.4 Å². The fraction of sp³-hybridized carbons (Fsp3) is 0.333. The van der Waals surface area contributed by atoms with Gasteiger partial charge in [0.15, 0.2) is 0 Å². The summed E-state index contributed by atoms with van der Waals surface area (Å²) >= 11 is 5.14. The third-order valence-corrected chi connectivity index (χ3v) is 6.79. The van der Waals surface area contributed by atoms with Gasteiger partial charge in [0, 0.05) is 31.9 Å². The molecule has 2 aliphatic heterocycles. The number of anilines is 1. The van der Waals surface area contributed by atoms with E-state index in [9.17, 15) is 13.2 Å². The maximum Gasteiger partial charge on any atom is 0.298 e.